The topological polar surface area (TPSA) is 68.3 Å². The van der Waals surface area contributed by atoms with Crippen LogP contribution in [0.25, 0.3) is 5.65 Å². The average molecular weight is 324 g/mol. The average Bonchev–Trinajstić information content (AvgIpc) is 3.25. The van der Waals surface area contributed by atoms with Crippen molar-refractivity contribution in [2.75, 3.05) is 13.1 Å². The van der Waals surface area contributed by atoms with Crippen LogP contribution < -0.4 is 0 Å². The van der Waals surface area contributed by atoms with Gasteiger partial charge in [0.15, 0.2) is 0 Å². The number of nitrogens with zero attached hydrogens (tertiary/aromatic N) is 6. The molecular formula is C17H20N6O. The third-order valence-corrected chi connectivity index (χ3v) is 4.62. The molecular weight excluding hydrogens is 304 g/mol. The quantitative estimate of drug-likeness (QED) is 0.734. The predicted octanol–water partition coefficient (Wildman–Crippen LogP) is 1.64. The highest BCUT2D eigenvalue weighted by Gasteiger charge is 2.25. The number of imidazole rings is 1. The number of carbonyl (C=O) groups is 1. The van der Waals surface area contributed by atoms with Gasteiger partial charge in [-0.1, -0.05) is 6.07 Å². The van der Waals surface area contributed by atoms with Crippen LogP contribution in [-0.2, 0) is 11.2 Å². The summed E-state index contributed by atoms with van der Waals surface area (Å²) in [6.07, 6.45) is 9.53. The minimum atomic E-state index is 0.126. The van der Waals surface area contributed by atoms with E-state index in [2.05, 4.69) is 15.1 Å². The minimum absolute atomic E-state index is 0.126. The lowest BCUT2D eigenvalue weighted by atomic mass is 10.1. The SMILES string of the molecule is Cc1cccn2cc(CC(=O)N3CCC[C@@H](n4cncn4)C3)nc12. The Balaban J connectivity index is 1.47. The summed E-state index contributed by atoms with van der Waals surface area (Å²) in [5.74, 6) is 0.126. The second-order valence-electron chi connectivity index (χ2n) is 6.34. The van der Waals surface area contributed by atoms with Gasteiger partial charge in [-0.25, -0.2) is 14.6 Å². The lowest BCUT2D eigenvalue weighted by Crippen LogP contribution is -2.41. The minimum Gasteiger partial charge on any atom is -0.340 e. The number of carbonyl (C=O) groups excluding carboxylic acids is 1. The zero-order valence-corrected chi connectivity index (χ0v) is 13.7. The second-order valence-corrected chi connectivity index (χ2v) is 6.34. The Morgan fingerprint density at radius 2 is 2.33 bits per heavy atom. The maximum Gasteiger partial charge on any atom is 0.228 e. The van der Waals surface area contributed by atoms with Gasteiger partial charge in [0.2, 0.25) is 5.91 Å². The van der Waals surface area contributed by atoms with Gasteiger partial charge in [0.05, 0.1) is 18.2 Å². The van der Waals surface area contributed by atoms with Crippen LogP contribution in [0.4, 0.5) is 0 Å². The molecule has 0 aromatic carbocycles. The van der Waals surface area contributed by atoms with Crippen LogP contribution in [0.3, 0.4) is 0 Å². The summed E-state index contributed by atoms with van der Waals surface area (Å²) in [6, 6.07) is 4.23. The number of hydrogen-bond acceptors (Lipinski definition) is 4. The molecule has 1 aliphatic rings. The van der Waals surface area contributed by atoms with Crippen LogP contribution in [0, 0.1) is 6.92 Å². The number of fused-ring (bicyclic) bond motifs is 1. The lowest BCUT2D eigenvalue weighted by molar-refractivity contribution is -0.132. The maximum absolute atomic E-state index is 12.7. The van der Waals surface area contributed by atoms with Crippen molar-refractivity contribution in [1.82, 2.24) is 29.0 Å². The van der Waals surface area contributed by atoms with Crippen molar-refractivity contribution in [3.05, 3.63) is 48.4 Å². The first kappa shape index (κ1) is 14.9. The highest BCUT2D eigenvalue weighted by atomic mass is 16.2. The Bertz CT molecular complexity index is 853. The molecule has 3 aromatic heterocycles. The fraction of sp³-hybridized carbons (Fsp3) is 0.412. The van der Waals surface area contributed by atoms with Gasteiger partial charge < -0.3 is 9.30 Å². The monoisotopic (exact) mass is 324 g/mol. The van der Waals surface area contributed by atoms with Crippen LogP contribution in [0.2, 0.25) is 0 Å². The third kappa shape index (κ3) is 2.77. The molecule has 4 rings (SSSR count). The largest absolute Gasteiger partial charge is 0.340 e. The molecule has 0 radical (unpaired) electrons. The number of amides is 1. The number of aromatic nitrogens is 5. The fourth-order valence-corrected chi connectivity index (χ4v) is 3.36. The Hall–Kier alpha value is -2.70. The molecule has 24 heavy (non-hydrogen) atoms. The third-order valence-electron chi connectivity index (χ3n) is 4.62. The summed E-state index contributed by atoms with van der Waals surface area (Å²) in [5, 5.41) is 4.21. The van der Waals surface area contributed by atoms with Crippen molar-refractivity contribution in [3.8, 4) is 0 Å². The summed E-state index contributed by atoms with van der Waals surface area (Å²) < 4.78 is 3.83. The molecule has 1 fully saturated rings. The first-order chi connectivity index (χ1) is 11.7. The van der Waals surface area contributed by atoms with Gasteiger partial charge >= 0.3 is 0 Å². The number of hydrogen-bond donors (Lipinski definition) is 0. The molecule has 0 saturated carbocycles. The predicted molar refractivity (Wildman–Crippen MR) is 88.5 cm³/mol. The van der Waals surface area contributed by atoms with Gasteiger partial charge in [0.25, 0.3) is 0 Å². The van der Waals surface area contributed by atoms with Crippen LogP contribution in [0.5, 0.6) is 0 Å². The van der Waals surface area contributed by atoms with E-state index in [1.165, 1.54) is 0 Å². The lowest BCUT2D eigenvalue weighted by Gasteiger charge is -2.32. The number of pyridine rings is 1. The zero-order chi connectivity index (χ0) is 16.5. The maximum atomic E-state index is 12.7. The summed E-state index contributed by atoms with van der Waals surface area (Å²) in [4.78, 5) is 23.2. The fourth-order valence-electron chi connectivity index (χ4n) is 3.36. The zero-order valence-electron chi connectivity index (χ0n) is 13.7. The molecule has 1 saturated heterocycles. The molecule has 4 heterocycles. The molecule has 7 heteroatoms. The van der Waals surface area contributed by atoms with Crippen molar-refractivity contribution < 1.29 is 4.79 Å². The van der Waals surface area contributed by atoms with E-state index >= 15 is 0 Å². The standard InChI is InChI=1S/C17H20N6O/c1-13-4-2-7-22-9-14(20-17(13)22)8-16(24)21-6-3-5-15(10-21)23-12-18-11-19-23/h2,4,7,9,11-12,15H,3,5-6,8,10H2,1H3/t15-/m1/s1. The molecule has 0 N–H and O–H groups in total. The summed E-state index contributed by atoms with van der Waals surface area (Å²) in [7, 11) is 0. The van der Waals surface area contributed by atoms with E-state index in [0.29, 0.717) is 13.0 Å². The van der Waals surface area contributed by atoms with Crippen LogP contribution in [0.1, 0.15) is 30.1 Å². The van der Waals surface area contributed by atoms with Crippen molar-refractivity contribution in [1.29, 1.82) is 0 Å². The van der Waals surface area contributed by atoms with Gasteiger partial charge in [0, 0.05) is 25.5 Å². The van der Waals surface area contributed by atoms with E-state index in [1.807, 2.05) is 45.4 Å². The van der Waals surface area contributed by atoms with Crippen molar-refractivity contribution in [2.45, 2.75) is 32.2 Å². The highest BCUT2D eigenvalue weighted by Crippen LogP contribution is 2.21. The molecule has 3 aromatic rings. The Morgan fingerprint density at radius 3 is 3.12 bits per heavy atom. The van der Waals surface area contributed by atoms with Crippen molar-refractivity contribution in [3.63, 3.8) is 0 Å². The molecule has 1 aliphatic heterocycles. The van der Waals surface area contributed by atoms with E-state index in [4.69, 9.17) is 0 Å². The number of likely N-dealkylation sites (tertiary alicyclic amines) is 1. The molecule has 7 nitrogen and oxygen atoms in total. The van der Waals surface area contributed by atoms with E-state index in [-0.39, 0.29) is 11.9 Å². The molecule has 0 spiro atoms. The summed E-state index contributed by atoms with van der Waals surface area (Å²) >= 11 is 0. The number of rotatable bonds is 3. The first-order valence-corrected chi connectivity index (χ1v) is 8.26. The molecule has 1 atom stereocenters. The van der Waals surface area contributed by atoms with Gasteiger partial charge in [-0.05, 0) is 31.4 Å². The number of aryl methyl sites for hydroxylation is 1. The highest BCUT2D eigenvalue weighted by molar-refractivity contribution is 5.78. The second kappa shape index (κ2) is 6.07. The Labute approximate surface area is 139 Å². The molecule has 0 unspecified atom stereocenters. The Morgan fingerprint density at radius 1 is 1.42 bits per heavy atom. The molecule has 0 aliphatic carbocycles. The molecule has 0 bridgehead atoms. The van der Waals surface area contributed by atoms with E-state index < -0.39 is 0 Å². The van der Waals surface area contributed by atoms with Crippen LogP contribution in [-0.4, -0.2) is 48.0 Å². The first-order valence-electron chi connectivity index (χ1n) is 8.26. The van der Waals surface area contributed by atoms with Gasteiger partial charge in [-0.15, -0.1) is 0 Å². The van der Waals surface area contributed by atoms with Crippen molar-refractivity contribution in [2.24, 2.45) is 0 Å². The molecule has 1 amide bonds. The molecule has 124 valence electrons. The van der Waals surface area contributed by atoms with Crippen LogP contribution >= 0.6 is 0 Å². The van der Waals surface area contributed by atoms with E-state index in [9.17, 15) is 4.79 Å². The van der Waals surface area contributed by atoms with Gasteiger partial charge in [-0.3, -0.25) is 4.79 Å². The van der Waals surface area contributed by atoms with E-state index in [1.54, 1.807) is 12.7 Å². The van der Waals surface area contributed by atoms with Gasteiger partial charge in [0.1, 0.15) is 18.3 Å². The van der Waals surface area contributed by atoms with Crippen LogP contribution in [0.15, 0.2) is 37.2 Å². The number of piperidine rings is 1. The smallest absolute Gasteiger partial charge is 0.228 e. The van der Waals surface area contributed by atoms with Gasteiger partial charge in [-0.2, -0.15) is 5.10 Å². The summed E-state index contributed by atoms with van der Waals surface area (Å²) in [6.45, 7) is 3.52. The van der Waals surface area contributed by atoms with E-state index in [0.717, 1.165) is 36.3 Å². The van der Waals surface area contributed by atoms with Crippen molar-refractivity contribution >= 4 is 11.6 Å². The summed E-state index contributed by atoms with van der Waals surface area (Å²) in [5.41, 5.74) is 2.84. The normalized spacial score (nSPS) is 18.2. The Kier molecular flexibility index (Phi) is 3.76.